The molecule has 0 spiro atoms. The van der Waals surface area contributed by atoms with Crippen LogP contribution < -0.4 is 20.1 Å². The molecule has 7 nitrogen and oxygen atoms in total. The number of methoxy groups -OCH3 is 2. The molecular weight excluding hydrogens is 310 g/mol. The standard InChI is InChI=1S/C17H27N3O4/c1-5-9-18-17(22)19-16(21)12-20(6-2)11-13-7-8-14(23-3)15(10-13)24-4/h7-8,10H,5-6,9,11-12H2,1-4H3,(H2,18,19,21,22). The Balaban J connectivity index is 2.61. The fraction of sp³-hybridized carbons (Fsp3) is 0.529. The van der Waals surface area contributed by atoms with Gasteiger partial charge in [-0.25, -0.2) is 4.79 Å². The van der Waals surface area contributed by atoms with E-state index < -0.39 is 6.03 Å². The third-order valence-corrected chi connectivity index (χ3v) is 3.46. The topological polar surface area (TPSA) is 79.9 Å². The molecule has 0 aliphatic rings. The van der Waals surface area contributed by atoms with Crippen LogP contribution in [0.25, 0.3) is 0 Å². The van der Waals surface area contributed by atoms with Gasteiger partial charge in [0.15, 0.2) is 11.5 Å². The van der Waals surface area contributed by atoms with Gasteiger partial charge < -0.3 is 14.8 Å². The number of likely N-dealkylation sites (N-methyl/N-ethyl adjacent to an activating group) is 1. The van der Waals surface area contributed by atoms with Crippen molar-refractivity contribution in [1.82, 2.24) is 15.5 Å². The molecule has 0 aliphatic heterocycles. The van der Waals surface area contributed by atoms with Crippen LogP contribution in [0.4, 0.5) is 4.79 Å². The molecule has 0 radical (unpaired) electrons. The molecule has 0 unspecified atom stereocenters. The first kappa shape index (κ1) is 19.8. The lowest BCUT2D eigenvalue weighted by Crippen LogP contribution is -2.44. The second kappa shape index (κ2) is 10.5. The highest BCUT2D eigenvalue weighted by Gasteiger charge is 2.13. The molecule has 1 aromatic carbocycles. The number of nitrogens with one attached hydrogen (secondary N) is 2. The second-order valence-corrected chi connectivity index (χ2v) is 5.30. The van der Waals surface area contributed by atoms with Crippen molar-refractivity contribution in [2.45, 2.75) is 26.8 Å². The highest BCUT2D eigenvalue weighted by atomic mass is 16.5. The van der Waals surface area contributed by atoms with E-state index in [0.29, 0.717) is 31.1 Å². The number of benzene rings is 1. The van der Waals surface area contributed by atoms with Gasteiger partial charge in [-0.05, 0) is 30.7 Å². The maximum Gasteiger partial charge on any atom is 0.321 e. The number of urea groups is 1. The maximum atomic E-state index is 11.9. The zero-order chi connectivity index (χ0) is 17.9. The summed E-state index contributed by atoms with van der Waals surface area (Å²) >= 11 is 0. The first-order chi connectivity index (χ1) is 11.5. The Bertz CT molecular complexity index is 549. The van der Waals surface area contributed by atoms with Crippen molar-refractivity contribution in [3.63, 3.8) is 0 Å². The van der Waals surface area contributed by atoms with Crippen LogP contribution in [-0.2, 0) is 11.3 Å². The fourth-order valence-electron chi connectivity index (χ4n) is 2.17. The summed E-state index contributed by atoms with van der Waals surface area (Å²) in [5.41, 5.74) is 0.998. The van der Waals surface area contributed by atoms with E-state index in [2.05, 4.69) is 10.6 Å². The van der Waals surface area contributed by atoms with Crippen LogP contribution in [-0.4, -0.2) is 50.7 Å². The number of rotatable bonds is 9. The van der Waals surface area contributed by atoms with E-state index in [1.807, 2.05) is 36.9 Å². The normalized spacial score (nSPS) is 10.4. The number of hydrogen-bond acceptors (Lipinski definition) is 5. The molecule has 0 heterocycles. The van der Waals surface area contributed by atoms with Crippen LogP contribution in [0.15, 0.2) is 18.2 Å². The minimum Gasteiger partial charge on any atom is -0.493 e. The van der Waals surface area contributed by atoms with Gasteiger partial charge in [0, 0.05) is 13.1 Å². The Morgan fingerprint density at radius 1 is 1.12 bits per heavy atom. The minimum absolute atomic E-state index is 0.143. The molecule has 134 valence electrons. The van der Waals surface area contributed by atoms with Crippen LogP contribution in [0, 0.1) is 0 Å². The van der Waals surface area contributed by atoms with Crippen LogP contribution in [0.5, 0.6) is 11.5 Å². The monoisotopic (exact) mass is 337 g/mol. The van der Waals surface area contributed by atoms with E-state index in [-0.39, 0.29) is 12.5 Å². The first-order valence-corrected chi connectivity index (χ1v) is 8.04. The molecule has 7 heteroatoms. The van der Waals surface area contributed by atoms with Crippen molar-refractivity contribution in [3.8, 4) is 11.5 Å². The third-order valence-electron chi connectivity index (χ3n) is 3.46. The number of imide groups is 1. The fourth-order valence-corrected chi connectivity index (χ4v) is 2.17. The summed E-state index contributed by atoms with van der Waals surface area (Å²) in [5, 5.41) is 4.94. The van der Waals surface area contributed by atoms with E-state index >= 15 is 0 Å². The maximum absolute atomic E-state index is 11.9. The van der Waals surface area contributed by atoms with Gasteiger partial charge in [-0.3, -0.25) is 15.0 Å². The van der Waals surface area contributed by atoms with E-state index in [1.54, 1.807) is 14.2 Å². The van der Waals surface area contributed by atoms with Crippen LogP contribution in [0.3, 0.4) is 0 Å². The van der Waals surface area contributed by atoms with Crippen LogP contribution >= 0.6 is 0 Å². The quantitative estimate of drug-likeness (QED) is 0.718. The van der Waals surface area contributed by atoms with E-state index in [0.717, 1.165) is 12.0 Å². The largest absolute Gasteiger partial charge is 0.493 e. The lowest BCUT2D eigenvalue weighted by Gasteiger charge is -2.20. The zero-order valence-electron chi connectivity index (χ0n) is 14.8. The minimum atomic E-state index is -0.455. The Kier molecular flexibility index (Phi) is 8.64. The molecule has 2 N–H and O–H groups in total. The van der Waals surface area contributed by atoms with Crippen molar-refractivity contribution in [2.24, 2.45) is 0 Å². The van der Waals surface area contributed by atoms with Crippen LogP contribution in [0.2, 0.25) is 0 Å². The molecule has 1 aromatic rings. The van der Waals surface area contributed by atoms with Gasteiger partial charge in [-0.2, -0.15) is 0 Å². The van der Waals surface area contributed by atoms with Gasteiger partial charge >= 0.3 is 6.03 Å². The van der Waals surface area contributed by atoms with E-state index in [9.17, 15) is 9.59 Å². The lowest BCUT2D eigenvalue weighted by molar-refractivity contribution is -0.121. The molecule has 0 bridgehead atoms. The molecule has 0 fully saturated rings. The highest BCUT2D eigenvalue weighted by molar-refractivity contribution is 5.95. The van der Waals surface area contributed by atoms with Crippen molar-refractivity contribution < 1.29 is 19.1 Å². The molecular formula is C17H27N3O4. The average Bonchev–Trinajstić information content (AvgIpc) is 2.58. The molecule has 0 saturated heterocycles. The average molecular weight is 337 g/mol. The molecule has 0 aromatic heterocycles. The second-order valence-electron chi connectivity index (χ2n) is 5.30. The van der Waals surface area contributed by atoms with Gasteiger partial charge in [0.1, 0.15) is 0 Å². The smallest absolute Gasteiger partial charge is 0.321 e. The van der Waals surface area contributed by atoms with Gasteiger partial charge in [-0.1, -0.05) is 19.9 Å². The van der Waals surface area contributed by atoms with Gasteiger partial charge in [0.25, 0.3) is 0 Å². The molecule has 1 rings (SSSR count). The summed E-state index contributed by atoms with van der Waals surface area (Å²) in [7, 11) is 3.17. The van der Waals surface area contributed by atoms with E-state index in [1.165, 1.54) is 0 Å². The van der Waals surface area contributed by atoms with Gasteiger partial charge in [0.2, 0.25) is 5.91 Å². The van der Waals surface area contributed by atoms with Crippen molar-refractivity contribution in [1.29, 1.82) is 0 Å². The summed E-state index contributed by atoms with van der Waals surface area (Å²) < 4.78 is 10.5. The Morgan fingerprint density at radius 2 is 1.83 bits per heavy atom. The predicted octanol–water partition coefficient (Wildman–Crippen LogP) is 1.76. The predicted molar refractivity (Wildman–Crippen MR) is 92.3 cm³/mol. The Labute approximate surface area is 143 Å². The molecule has 24 heavy (non-hydrogen) atoms. The number of ether oxygens (including phenoxy) is 2. The number of nitrogens with zero attached hydrogens (tertiary/aromatic N) is 1. The van der Waals surface area contributed by atoms with Crippen molar-refractivity contribution in [2.75, 3.05) is 33.9 Å². The Morgan fingerprint density at radius 3 is 2.42 bits per heavy atom. The molecule has 0 saturated carbocycles. The molecule has 3 amide bonds. The highest BCUT2D eigenvalue weighted by Crippen LogP contribution is 2.27. The van der Waals surface area contributed by atoms with Gasteiger partial charge in [-0.15, -0.1) is 0 Å². The SMILES string of the molecule is CCCNC(=O)NC(=O)CN(CC)Cc1ccc(OC)c(OC)c1. The lowest BCUT2D eigenvalue weighted by atomic mass is 10.2. The van der Waals surface area contributed by atoms with Crippen molar-refractivity contribution >= 4 is 11.9 Å². The number of carbonyl (C=O) groups is 2. The summed E-state index contributed by atoms with van der Waals surface area (Å²) in [4.78, 5) is 25.4. The number of hydrogen-bond donors (Lipinski definition) is 2. The Hall–Kier alpha value is -2.28. The number of carbonyl (C=O) groups excluding carboxylic acids is 2. The summed E-state index contributed by atoms with van der Waals surface area (Å²) in [6, 6.07) is 5.19. The first-order valence-electron chi connectivity index (χ1n) is 8.04. The summed E-state index contributed by atoms with van der Waals surface area (Å²) in [5.74, 6) is 0.981. The molecule has 0 atom stereocenters. The summed E-state index contributed by atoms with van der Waals surface area (Å²) in [6.45, 7) is 5.85. The zero-order valence-corrected chi connectivity index (χ0v) is 14.8. The summed E-state index contributed by atoms with van der Waals surface area (Å²) in [6.07, 6.45) is 0.821. The molecule has 0 aliphatic carbocycles. The number of amides is 3. The van der Waals surface area contributed by atoms with E-state index in [4.69, 9.17) is 9.47 Å². The van der Waals surface area contributed by atoms with Crippen LogP contribution in [0.1, 0.15) is 25.8 Å². The third kappa shape index (κ3) is 6.45. The van der Waals surface area contributed by atoms with Crippen molar-refractivity contribution in [3.05, 3.63) is 23.8 Å². The van der Waals surface area contributed by atoms with Gasteiger partial charge in [0.05, 0.1) is 20.8 Å².